The van der Waals surface area contributed by atoms with Gasteiger partial charge in [0.15, 0.2) is 26.5 Å². The molecular formula is C21H26N4O5S2. The quantitative estimate of drug-likeness (QED) is 0.392. The van der Waals surface area contributed by atoms with E-state index in [2.05, 4.69) is 15.3 Å². The molecule has 0 bridgehead atoms. The van der Waals surface area contributed by atoms with Crippen LogP contribution in [-0.2, 0) is 14.6 Å². The van der Waals surface area contributed by atoms with Crippen molar-refractivity contribution in [2.45, 2.75) is 4.90 Å². The largest absolute Gasteiger partial charge is 0.487 e. The fourth-order valence-corrected chi connectivity index (χ4v) is 3.68. The van der Waals surface area contributed by atoms with Gasteiger partial charge in [0, 0.05) is 30.4 Å². The summed E-state index contributed by atoms with van der Waals surface area (Å²) in [5.74, 6) is 1.93. The molecule has 0 atom stereocenters. The molecule has 3 aromatic rings. The first-order valence-corrected chi connectivity index (χ1v) is 12.6. The van der Waals surface area contributed by atoms with Gasteiger partial charge in [-0.25, -0.2) is 18.4 Å². The van der Waals surface area contributed by atoms with E-state index in [1.54, 1.807) is 30.6 Å². The number of likely N-dealkylation sites (N-methyl/N-ethyl adjacent to an activating group) is 1. The number of anilines is 2. The van der Waals surface area contributed by atoms with Crippen LogP contribution in [-0.4, -0.2) is 70.0 Å². The summed E-state index contributed by atoms with van der Waals surface area (Å²) in [6, 6.07) is 7.90. The number of ether oxygens (including phenoxy) is 3. The van der Waals surface area contributed by atoms with Crippen LogP contribution in [0.4, 0.5) is 10.9 Å². The highest BCUT2D eigenvalue weighted by Crippen LogP contribution is 2.32. The Balaban J connectivity index is 1.69. The number of sulfone groups is 1. The summed E-state index contributed by atoms with van der Waals surface area (Å²) in [4.78, 5) is 10.9. The number of nitrogens with zero attached hydrogens (tertiary/aromatic N) is 3. The van der Waals surface area contributed by atoms with Gasteiger partial charge in [-0.3, -0.25) is 0 Å². The predicted molar refractivity (Wildman–Crippen MR) is 124 cm³/mol. The van der Waals surface area contributed by atoms with Gasteiger partial charge >= 0.3 is 0 Å². The number of pyridine rings is 1. The number of hydrogen-bond donors (Lipinski definition) is 1. The van der Waals surface area contributed by atoms with Crippen LogP contribution >= 0.6 is 11.3 Å². The van der Waals surface area contributed by atoms with Gasteiger partial charge in [-0.15, -0.1) is 11.3 Å². The molecule has 32 heavy (non-hydrogen) atoms. The Kier molecular flexibility index (Phi) is 8.39. The molecular weight excluding hydrogens is 452 g/mol. The van der Waals surface area contributed by atoms with E-state index in [9.17, 15) is 8.42 Å². The molecule has 0 radical (unpaired) electrons. The SMILES string of the molecule is CN(C)CCOCCOc1cc(Oc2ccc(S(C)(=O)=O)cc2)cnc1Nc1nccs1. The molecule has 0 spiro atoms. The summed E-state index contributed by atoms with van der Waals surface area (Å²) in [6.07, 6.45) is 4.42. The highest BCUT2D eigenvalue weighted by Gasteiger charge is 2.12. The fourth-order valence-electron chi connectivity index (χ4n) is 2.52. The summed E-state index contributed by atoms with van der Waals surface area (Å²) >= 11 is 1.45. The van der Waals surface area contributed by atoms with E-state index in [0.29, 0.717) is 48.0 Å². The first-order valence-electron chi connectivity index (χ1n) is 9.81. The van der Waals surface area contributed by atoms with Crippen LogP contribution in [0.1, 0.15) is 0 Å². The number of nitrogens with one attached hydrogen (secondary N) is 1. The van der Waals surface area contributed by atoms with Gasteiger partial charge in [-0.1, -0.05) is 0 Å². The topological polar surface area (TPSA) is 103 Å². The lowest BCUT2D eigenvalue weighted by Gasteiger charge is -2.14. The van der Waals surface area contributed by atoms with Crippen LogP contribution in [0.15, 0.2) is 53.0 Å². The minimum atomic E-state index is -3.27. The molecule has 0 aliphatic carbocycles. The average molecular weight is 479 g/mol. The molecule has 0 saturated heterocycles. The molecule has 0 fully saturated rings. The molecule has 172 valence electrons. The minimum absolute atomic E-state index is 0.226. The molecule has 0 unspecified atom stereocenters. The van der Waals surface area contributed by atoms with Gasteiger partial charge < -0.3 is 24.4 Å². The van der Waals surface area contributed by atoms with Gasteiger partial charge in [0.1, 0.15) is 18.1 Å². The van der Waals surface area contributed by atoms with Gasteiger partial charge in [0.25, 0.3) is 0 Å². The zero-order valence-corrected chi connectivity index (χ0v) is 19.8. The van der Waals surface area contributed by atoms with Gasteiger partial charge in [0.05, 0.1) is 24.3 Å². The average Bonchev–Trinajstić information content (AvgIpc) is 3.25. The van der Waals surface area contributed by atoms with Crippen molar-refractivity contribution < 1.29 is 22.6 Å². The number of benzene rings is 1. The first kappa shape index (κ1) is 23.9. The fraction of sp³-hybridized carbons (Fsp3) is 0.333. The Morgan fingerprint density at radius 3 is 2.50 bits per heavy atom. The molecule has 1 N–H and O–H groups in total. The predicted octanol–water partition coefficient (Wildman–Crippen LogP) is 3.43. The maximum Gasteiger partial charge on any atom is 0.188 e. The van der Waals surface area contributed by atoms with Crippen LogP contribution in [0.3, 0.4) is 0 Å². The molecule has 2 heterocycles. The van der Waals surface area contributed by atoms with Gasteiger partial charge in [-0.05, 0) is 38.4 Å². The summed E-state index contributed by atoms with van der Waals surface area (Å²) in [6.45, 7) is 2.22. The molecule has 0 saturated carbocycles. The smallest absolute Gasteiger partial charge is 0.188 e. The van der Waals surface area contributed by atoms with Crippen molar-refractivity contribution in [1.29, 1.82) is 0 Å². The lowest BCUT2D eigenvalue weighted by molar-refractivity contribution is 0.0890. The highest BCUT2D eigenvalue weighted by molar-refractivity contribution is 7.90. The standard InChI is InChI=1S/C21H26N4O5S2/c1-25(2)9-10-28-11-12-29-19-14-17(15-23-20(19)24-21-22-8-13-31-21)30-16-4-6-18(7-5-16)32(3,26)27/h4-8,13-15H,9-12H2,1-3H3,(H,22,23,24). The van der Waals surface area contributed by atoms with Crippen LogP contribution < -0.4 is 14.8 Å². The van der Waals surface area contributed by atoms with Crippen LogP contribution in [0, 0.1) is 0 Å². The van der Waals surface area contributed by atoms with Gasteiger partial charge in [0.2, 0.25) is 0 Å². The molecule has 0 aliphatic heterocycles. The van der Waals surface area contributed by atoms with Crippen LogP contribution in [0.2, 0.25) is 0 Å². The second-order valence-electron chi connectivity index (χ2n) is 7.09. The number of thiazole rings is 1. The van der Waals surface area contributed by atoms with Crippen molar-refractivity contribution in [2.75, 3.05) is 52.0 Å². The van der Waals surface area contributed by atoms with E-state index in [4.69, 9.17) is 14.2 Å². The number of hydrogen-bond acceptors (Lipinski definition) is 10. The van der Waals surface area contributed by atoms with E-state index in [1.165, 1.54) is 23.5 Å². The van der Waals surface area contributed by atoms with Crippen molar-refractivity contribution in [2.24, 2.45) is 0 Å². The summed E-state index contributed by atoms with van der Waals surface area (Å²) in [5, 5.41) is 5.69. The van der Waals surface area contributed by atoms with Gasteiger partial charge in [-0.2, -0.15) is 0 Å². The zero-order valence-electron chi connectivity index (χ0n) is 18.1. The Hall–Kier alpha value is -2.73. The second-order valence-corrected chi connectivity index (χ2v) is 10.0. The summed E-state index contributed by atoms with van der Waals surface area (Å²) in [7, 11) is 0.710. The number of aromatic nitrogens is 2. The van der Waals surface area contributed by atoms with Crippen LogP contribution in [0.25, 0.3) is 0 Å². The molecule has 11 heteroatoms. The molecule has 0 amide bonds. The summed E-state index contributed by atoms with van der Waals surface area (Å²) < 4.78 is 40.5. The van der Waals surface area contributed by atoms with Crippen molar-refractivity contribution in [3.8, 4) is 17.2 Å². The lowest BCUT2D eigenvalue weighted by Crippen LogP contribution is -2.19. The molecule has 9 nitrogen and oxygen atoms in total. The Bertz CT molecular complexity index is 1090. The van der Waals surface area contributed by atoms with Crippen LogP contribution in [0.5, 0.6) is 17.2 Å². The third-order valence-electron chi connectivity index (χ3n) is 4.14. The van der Waals surface area contributed by atoms with E-state index in [-0.39, 0.29) is 4.90 Å². The zero-order chi connectivity index (χ0) is 23.0. The molecule has 2 aromatic heterocycles. The maximum absolute atomic E-state index is 11.6. The van der Waals surface area contributed by atoms with E-state index < -0.39 is 9.84 Å². The Labute approximate surface area is 191 Å². The molecule has 0 aliphatic rings. The van der Waals surface area contributed by atoms with Crippen molar-refractivity contribution in [1.82, 2.24) is 14.9 Å². The second kappa shape index (κ2) is 11.2. The van der Waals surface area contributed by atoms with E-state index >= 15 is 0 Å². The Morgan fingerprint density at radius 1 is 1.06 bits per heavy atom. The van der Waals surface area contributed by atoms with E-state index in [1.807, 2.05) is 24.4 Å². The minimum Gasteiger partial charge on any atom is -0.487 e. The monoisotopic (exact) mass is 478 g/mol. The van der Waals surface area contributed by atoms with E-state index in [0.717, 1.165) is 12.8 Å². The maximum atomic E-state index is 11.6. The third-order valence-corrected chi connectivity index (χ3v) is 5.96. The van der Waals surface area contributed by atoms with Crippen molar-refractivity contribution in [3.63, 3.8) is 0 Å². The number of rotatable bonds is 12. The molecule has 1 aromatic carbocycles. The normalized spacial score (nSPS) is 11.5. The van der Waals surface area contributed by atoms with Crippen molar-refractivity contribution >= 4 is 32.1 Å². The third kappa shape index (κ3) is 7.45. The molecule has 3 rings (SSSR count). The lowest BCUT2D eigenvalue weighted by atomic mass is 10.3. The van der Waals surface area contributed by atoms with Crippen molar-refractivity contribution in [3.05, 3.63) is 48.1 Å². The summed E-state index contributed by atoms with van der Waals surface area (Å²) in [5.41, 5.74) is 0. The first-order chi connectivity index (χ1) is 15.3. The highest BCUT2D eigenvalue weighted by atomic mass is 32.2. The Morgan fingerprint density at radius 2 is 1.84 bits per heavy atom.